The van der Waals surface area contributed by atoms with E-state index in [1.165, 1.54) is 18.9 Å². The fourth-order valence-corrected chi connectivity index (χ4v) is 1.54. The smallest absolute Gasteiger partial charge is 0.318 e. The van der Waals surface area contributed by atoms with Gasteiger partial charge in [-0.3, -0.25) is 9.89 Å². The van der Waals surface area contributed by atoms with Crippen molar-refractivity contribution in [3.8, 4) is 0 Å². The molecule has 1 aromatic heterocycles. The Labute approximate surface area is 80.3 Å². The van der Waals surface area contributed by atoms with Crippen LogP contribution in [0.25, 0.3) is 0 Å². The molecular weight excluding hydrogens is 190 g/mol. The number of aromatic nitrogens is 3. The second-order valence-electron chi connectivity index (χ2n) is 2.49. The van der Waals surface area contributed by atoms with E-state index in [-0.39, 0.29) is 11.2 Å². The molecule has 13 heavy (non-hydrogen) atoms. The molecule has 1 heterocycles. The van der Waals surface area contributed by atoms with E-state index >= 15 is 0 Å². The van der Waals surface area contributed by atoms with E-state index in [0.717, 1.165) is 5.82 Å². The normalized spacial score (nSPS) is 12.5. The number of aromatic amines is 1. The predicted molar refractivity (Wildman–Crippen MR) is 48.5 cm³/mol. The van der Waals surface area contributed by atoms with Crippen LogP contribution >= 0.6 is 11.8 Å². The van der Waals surface area contributed by atoms with Gasteiger partial charge in [-0.25, -0.2) is 4.98 Å². The average molecular weight is 201 g/mol. The molecule has 1 aromatic rings. The van der Waals surface area contributed by atoms with Gasteiger partial charge in [-0.2, -0.15) is 0 Å². The van der Waals surface area contributed by atoms with Crippen LogP contribution in [0.5, 0.6) is 0 Å². The van der Waals surface area contributed by atoms with Crippen LogP contribution in [0.3, 0.4) is 0 Å². The second kappa shape index (κ2) is 4.27. The van der Waals surface area contributed by atoms with E-state index in [2.05, 4.69) is 19.9 Å². The molecule has 1 atom stereocenters. The fraction of sp³-hybridized carbons (Fsp3) is 0.571. The number of thioether (sulfide) groups is 1. The molecule has 1 unspecified atom stereocenters. The van der Waals surface area contributed by atoms with Crippen LogP contribution in [-0.2, 0) is 9.53 Å². The molecule has 0 fully saturated rings. The van der Waals surface area contributed by atoms with Crippen LogP contribution in [0.4, 0.5) is 0 Å². The van der Waals surface area contributed by atoms with Gasteiger partial charge in [-0.1, -0.05) is 11.8 Å². The first kappa shape index (κ1) is 10.0. The molecule has 1 rings (SSSR count). The van der Waals surface area contributed by atoms with Gasteiger partial charge in [-0.05, 0) is 13.8 Å². The molecule has 0 aliphatic rings. The van der Waals surface area contributed by atoms with E-state index in [9.17, 15) is 4.79 Å². The Balaban J connectivity index is 2.54. The zero-order valence-electron chi connectivity index (χ0n) is 7.70. The van der Waals surface area contributed by atoms with Gasteiger partial charge >= 0.3 is 5.97 Å². The molecule has 0 spiro atoms. The quantitative estimate of drug-likeness (QED) is 0.577. The van der Waals surface area contributed by atoms with E-state index in [0.29, 0.717) is 5.16 Å². The van der Waals surface area contributed by atoms with Gasteiger partial charge in [0, 0.05) is 0 Å². The average Bonchev–Trinajstić information content (AvgIpc) is 2.49. The minimum Gasteiger partial charge on any atom is -0.468 e. The zero-order chi connectivity index (χ0) is 9.84. The zero-order valence-corrected chi connectivity index (χ0v) is 8.51. The SMILES string of the molecule is COC(=O)C(C)Sc1n[nH]c(C)n1. The maximum atomic E-state index is 11.0. The van der Waals surface area contributed by atoms with Gasteiger partial charge in [0.05, 0.1) is 7.11 Å². The number of nitrogens with zero attached hydrogens (tertiary/aromatic N) is 2. The number of carbonyl (C=O) groups is 1. The minimum absolute atomic E-state index is 0.271. The lowest BCUT2D eigenvalue weighted by Gasteiger charge is -2.04. The maximum Gasteiger partial charge on any atom is 0.318 e. The highest BCUT2D eigenvalue weighted by Crippen LogP contribution is 2.19. The van der Waals surface area contributed by atoms with Crippen molar-refractivity contribution in [1.82, 2.24) is 15.2 Å². The number of hydrogen-bond donors (Lipinski definition) is 1. The summed E-state index contributed by atoms with van der Waals surface area (Å²) in [5, 5.41) is 6.88. The van der Waals surface area contributed by atoms with Crippen molar-refractivity contribution in [2.45, 2.75) is 24.3 Å². The Hall–Kier alpha value is -1.04. The number of nitrogens with one attached hydrogen (secondary N) is 1. The van der Waals surface area contributed by atoms with Crippen LogP contribution in [0.1, 0.15) is 12.7 Å². The summed E-state index contributed by atoms with van der Waals surface area (Å²) in [5.74, 6) is 0.465. The predicted octanol–water partition coefficient (Wildman–Crippen LogP) is 0.767. The molecule has 0 aromatic carbocycles. The second-order valence-corrected chi connectivity index (χ2v) is 3.79. The van der Waals surface area contributed by atoms with Gasteiger partial charge < -0.3 is 4.74 Å². The molecule has 0 aliphatic heterocycles. The first-order chi connectivity index (χ1) is 6.13. The summed E-state index contributed by atoms with van der Waals surface area (Å²) in [6.45, 7) is 3.56. The third-order valence-electron chi connectivity index (χ3n) is 1.39. The van der Waals surface area contributed by atoms with E-state index < -0.39 is 0 Å². The molecule has 0 radical (unpaired) electrons. The number of hydrogen-bond acceptors (Lipinski definition) is 5. The van der Waals surface area contributed by atoms with Gasteiger partial charge in [0.2, 0.25) is 5.16 Å². The Bertz CT molecular complexity index is 300. The first-order valence-electron chi connectivity index (χ1n) is 3.77. The summed E-state index contributed by atoms with van der Waals surface area (Å²) < 4.78 is 4.57. The van der Waals surface area contributed by atoms with Crippen LogP contribution in [0.15, 0.2) is 5.16 Å². The van der Waals surface area contributed by atoms with Crippen LogP contribution in [0.2, 0.25) is 0 Å². The molecule has 0 amide bonds. The van der Waals surface area contributed by atoms with Crippen molar-refractivity contribution in [2.24, 2.45) is 0 Å². The molecular formula is C7H11N3O2S. The number of H-pyrrole nitrogens is 1. The number of carbonyl (C=O) groups excluding carboxylic acids is 1. The minimum atomic E-state index is -0.278. The largest absolute Gasteiger partial charge is 0.468 e. The first-order valence-corrected chi connectivity index (χ1v) is 4.65. The summed E-state index contributed by atoms with van der Waals surface area (Å²) in [7, 11) is 1.36. The Morgan fingerprint density at radius 2 is 2.38 bits per heavy atom. The molecule has 72 valence electrons. The van der Waals surface area contributed by atoms with E-state index in [1.54, 1.807) is 13.8 Å². The standard InChI is InChI=1S/C7H11N3O2S/c1-4(6(11)12-3)13-7-8-5(2)9-10-7/h4H,1-3H3,(H,8,9,10). The molecule has 6 heteroatoms. The molecule has 0 saturated carbocycles. The van der Waals surface area contributed by atoms with Crippen molar-refractivity contribution in [1.29, 1.82) is 0 Å². The fourth-order valence-electron chi connectivity index (χ4n) is 0.747. The lowest BCUT2D eigenvalue weighted by atomic mass is 10.5. The molecule has 0 saturated heterocycles. The van der Waals surface area contributed by atoms with E-state index in [4.69, 9.17) is 0 Å². The number of aryl methyl sites for hydroxylation is 1. The summed E-state index contributed by atoms with van der Waals surface area (Å²) in [5.41, 5.74) is 0. The van der Waals surface area contributed by atoms with Gasteiger partial charge in [-0.15, -0.1) is 5.10 Å². The lowest BCUT2D eigenvalue weighted by molar-refractivity contribution is -0.139. The molecule has 1 N–H and O–H groups in total. The van der Waals surface area contributed by atoms with Gasteiger partial charge in [0.1, 0.15) is 11.1 Å². The number of rotatable bonds is 3. The Morgan fingerprint density at radius 3 is 2.85 bits per heavy atom. The van der Waals surface area contributed by atoms with Crippen LogP contribution in [-0.4, -0.2) is 33.5 Å². The number of esters is 1. The maximum absolute atomic E-state index is 11.0. The van der Waals surface area contributed by atoms with Crippen LogP contribution in [0, 0.1) is 6.92 Å². The summed E-state index contributed by atoms with van der Waals surface area (Å²) in [6, 6.07) is 0. The summed E-state index contributed by atoms with van der Waals surface area (Å²) in [4.78, 5) is 15.1. The highest BCUT2D eigenvalue weighted by molar-refractivity contribution is 8.00. The van der Waals surface area contributed by atoms with Crippen molar-refractivity contribution >= 4 is 17.7 Å². The molecule has 5 nitrogen and oxygen atoms in total. The van der Waals surface area contributed by atoms with Gasteiger partial charge in [0.25, 0.3) is 0 Å². The Morgan fingerprint density at radius 1 is 1.69 bits per heavy atom. The third-order valence-corrected chi connectivity index (χ3v) is 2.33. The molecule has 0 bridgehead atoms. The monoisotopic (exact) mass is 201 g/mol. The summed E-state index contributed by atoms with van der Waals surface area (Å²) >= 11 is 1.27. The lowest BCUT2D eigenvalue weighted by Crippen LogP contribution is -2.14. The third kappa shape index (κ3) is 2.73. The van der Waals surface area contributed by atoms with Gasteiger partial charge in [0.15, 0.2) is 0 Å². The number of ether oxygens (including phenoxy) is 1. The van der Waals surface area contributed by atoms with Crippen molar-refractivity contribution in [3.63, 3.8) is 0 Å². The molecule has 0 aliphatic carbocycles. The number of methoxy groups -OCH3 is 1. The van der Waals surface area contributed by atoms with Crippen molar-refractivity contribution in [3.05, 3.63) is 5.82 Å². The van der Waals surface area contributed by atoms with Crippen LogP contribution < -0.4 is 0 Å². The van der Waals surface area contributed by atoms with Crippen molar-refractivity contribution in [2.75, 3.05) is 7.11 Å². The topological polar surface area (TPSA) is 67.9 Å². The highest BCUT2D eigenvalue weighted by atomic mass is 32.2. The summed E-state index contributed by atoms with van der Waals surface area (Å²) in [6.07, 6.45) is 0. The van der Waals surface area contributed by atoms with Crippen molar-refractivity contribution < 1.29 is 9.53 Å². The highest BCUT2D eigenvalue weighted by Gasteiger charge is 2.16. The van der Waals surface area contributed by atoms with E-state index in [1.807, 2.05) is 0 Å². The Kier molecular flexibility index (Phi) is 3.30.